The Kier molecular flexibility index (Phi) is 9.09. The zero-order valence-electron chi connectivity index (χ0n) is 22.7. The summed E-state index contributed by atoms with van der Waals surface area (Å²) < 4.78 is 20.3. The number of piperidine rings is 2. The Morgan fingerprint density at radius 2 is 1.79 bits per heavy atom. The summed E-state index contributed by atoms with van der Waals surface area (Å²) in [5.74, 6) is -0.328. The van der Waals surface area contributed by atoms with Crippen LogP contribution in [0.2, 0.25) is 0 Å². The maximum absolute atomic E-state index is 14.9. The van der Waals surface area contributed by atoms with Gasteiger partial charge >= 0.3 is 6.09 Å². The van der Waals surface area contributed by atoms with Crippen molar-refractivity contribution >= 4 is 29.3 Å². The molecule has 1 unspecified atom stereocenters. The third kappa shape index (κ3) is 8.04. The summed E-state index contributed by atoms with van der Waals surface area (Å²) in [5.41, 5.74) is 3.45. The third-order valence-electron chi connectivity index (χ3n) is 7.36. The Morgan fingerprint density at radius 1 is 1.08 bits per heavy atom. The lowest BCUT2D eigenvalue weighted by Gasteiger charge is -2.38. The molecule has 4 rings (SSSR count). The van der Waals surface area contributed by atoms with Gasteiger partial charge in [-0.15, -0.1) is 0 Å². The summed E-state index contributed by atoms with van der Waals surface area (Å²) in [7, 11) is 0. The zero-order chi connectivity index (χ0) is 27.3. The third-order valence-corrected chi connectivity index (χ3v) is 7.36. The van der Waals surface area contributed by atoms with Crippen LogP contribution in [-0.2, 0) is 14.3 Å². The Hall–Kier alpha value is -2.92. The summed E-state index contributed by atoms with van der Waals surface area (Å²) in [6, 6.07) is 4.45. The van der Waals surface area contributed by atoms with Crippen molar-refractivity contribution in [3.8, 4) is 0 Å². The maximum atomic E-state index is 14.9. The van der Waals surface area contributed by atoms with Gasteiger partial charge in [-0.2, -0.15) is 0 Å². The van der Waals surface area contributed by atoms with E-state index in [4.69, 9.17) is 4.74 Å². The predicted octanol–water partition coefficient (Wildman–Crippen LogP) is 2.71. The van der Waals surface area contributed by atoms with Crippen LogP contribution in [0.15, 0.2) is 18.2 Å². The molecule has 3 fully saturated rings. The molecule has 3 heterocycles. The number of nitrogens with one attached hydrogen (secondary N) is 3. The maximum Gasteiger partial charge on any atom is 0.422 e. The van der Waals surface area contributed by atoms with Crippen LogP contribution in [0.5, 0.6) is 0 Å². The first-order chi connectivity index (χ1) is 18.1. The second kappa shape index (κ2) is 12.3. The first-order valence-corrected chi connectivity index (χ1v) is 13.7. The van der Waals surface area contributed by atoms with E-state index in [-0.39, 0.29) is 24.1 Å². The highest BCUT2D eigenvalue weighted by Gasteiger charge is 2.27. The average Bonchev–Trinajstić information content (AvgIpc) is 2.85. The summed E-state index contributed by atoms with van der Waals surface area (Å²) in [6.45, 7) is 11.5. The number of carbonyl (C=O) groups excluding carboxylic acids is 3. The molecule has 3 aliphatic heterocycles. The molecule has 10 nitrogen and oxygen atoms in total. The summed E-state index contributed by atoms with van der Waals surface area (Å²) in [4.78, 5) is 39.8. The van der Waals surface area contributed by atoms with E-state index in [1.807, 2.05) is 25.8 Å². The molecule has 210 valence electrons. The van der Waals surface area contributed by atoms with Gasteiger partial charge in [0.1, 0.15) is 17.5 Å². The van der Waals surface area contributed by atoms with Crippen molar-refractivity contribution in [3.05, 3.63) is 24.0 Å². The standard InChI is InChI=1S/C27H41FN6O4/c1-27(2,3)38-26(37)31-34-12-9-19(10-13-34)8-11-32-14-16-33(17-15-32)23-6-4-20(18-21(23)28)29-22-5-7-24(35)30-25(22)36/h4,6,18-19,22,29H,5,7-17H2,1-3H3,(H,31,37)(H,30,35,36). The number of ether oxygens (including phenoxy) is 1. The van der Waals surface area contributed by atoms with Crippen LogP contribution in [0.4, 0.5) is 20.6 Å². The van der Waals surface area contributed by atoms with Gasteiger partial charge in [0.25, 0.3) is 0 Å². The van der Waals surface area contributed by atoms with Crippen LogP contribution < -0.4 is 21.0 Å². The number of hydrazine groups is 1. The van der Waals surface area contributed by atoms with Crippen LogP contribution in [0.1, 0.15) is 52.9 Å². The van der Waals surface area contributed by atoms with E-state index in [1.54, 1.807) is 12.1 Å². The number of carbonyl (C=O) groups is 3. The number of imide groups is 1. The minimum absolute atomic E-state index is 0.272. The van der Waals surface area contributed by atoms with E-state index in [2.05, 4.69) is 25.9 Å². The molecule has 0 aliphatic carbocycles. The fourth-order valence-corrected chi connectivity index (χ4v) is 5.23. The van der Waals surface area contributed by atoms with Gasteiger partial charge in [0.15, 0.2) is 0 Å². The largest absolute Gasteiger partial charge is 0.443 e. The Balaban J connectivity index is 1.16. The normalized spacial score (nSPS) is 22.2. The topological polar surface area (TPSA) is 106 Å². The number of halogens is 1. The van der Waals surface area contributed by atoms with E-state index in [0.29, 0.717) is 23.7 Å². The van der Waals surface area contributed by atoms with E-state index >= 15 is 0 Å². The molecule has 3 aliphatic rings. The number of nitrogens with zero attached hydrogens (tertiary/aromatic N) is 3. The molecule has 0 radical (unpaired) electrons. The van der Waals surface area contributed by atoms with Crippen LogP contribution in [0, 0.1) is 11.7 Å². The molecule has 0 aromatic heterocycles. The highest BCUT2D eigenvalue weighted by Crippen LogP contribution is 2.26. The molecule has 3 saturated heterocycles. The molecule has 1 aromatic rings. The molecule has 0 bridgehead atoms. The van der Waals surface area contributed by atoms with Gasteiger partial charge in [0.2, 0.25) is 11.8 Å². The fraction of sp³-hybridized carbons (Fsp3) is 0.667. The first-order valence-electron chi connectivity index (χ1n) is 13.7. The monoisotopic (exact) mass is 532 g/mol. The van der Waals surface area contributed by atoms with Crippen molar-refractivity contribution in [3.63, 3.8) is 0 Å². The van der Waals surface area contributed by atoms with E-state index < -0.39 is 17.7 Å². The van der Waals surface area contributed by atoms with Crippen LogP contribution in [0.3, 0.4) is 0 Å². The quantitative estimate of drug-likeness (QED) is 0.461. The number of rotatable bonds is 7. The summed E-state index contributed by atoms with van der Waals surface area (Å²) in [5, 5.41) is 7.29. The second-order valence-electron chi connectivity index (χ2n) is 11.5. The number of benzene rings is 1. The van der Waals surface area contributed by atoms with Crippen molar-refractivity contribution in [2.75, 3.05) is 56.0 Å². The van der Waals surface area contributed by atoms with Gasteiger partial charge in [0.05, 0.1) is 5.69 Å². The van der Waals surface area contributed by atoms with Gasteiger partial charge in [0, 0.05) is 51.4 Å². The molecule has 1 aromatic carbocycles. The average molecular weight is 533 g/mol. The van der Waals surface area contributed by atoms with Gasteiger partial charge in [-0.1, -0.05) is 0 Å². The van der Waals surface area contributed by atoms with Crippen LogP contribution in [-0.4, -0.2) is 85.3 Å². The van der Waals surface area contributed by atoms with Crippen molar-refractivity contribution in [1.82, 2.24) is 20.7 Å². The summed E-state index contributed by atoms with van der Waals surface area (Å²) in [6.07, 6.45) is 3.48. The molecule has 11 heteroatoms. The fourth-order valence-electron chi connectivity index (χ4n) is 5.23. The van der Waals surface area contributed by atoms with Crippen molar-refractivity contribution < 1.29 is 23.5 Å². The number of piperazine rings is 1. The SMILES string of the molecule is CC(C)(C)OC(=O)NN1CCC(CCN2CCN(c3ccc(NC4CCC(=O)NC4=O)cc3F)CC2)CC1. The Bertz CT molecular complexity index is 1000. The first kappa shape index (κ1) is 28.1. The second-order valence-corrected chi connectivity index (χ2v) is 11.5. The lowest BCUT2D eigenvalue weighted by molar-refractivity contribution is -0.133. The Labute approximate surface area is 224 Å². The van der Waals surface area contributed by atoms with Gasteiger partial charge in [-0.05, 0) is 77.1 Å². The molecule has 3 N–H and O–H groups in total. The molecular formula is C27H41FN6O4. The van der Waals surface area contributed by atoms with Gasteiger partial charge in [-0.3, -0.25) is 25.2 Å². The number of hydrogen-bond acceptors (Lipinski definition) is 8. The minimum atomic E-state index is -0.532. The Morgan fingerprint density at radius 3 is 2.42 bits per heavy atom. The zero-order valence-corrected chi connectivity index (χ0v) is 22.7. The van der Waals surface area contributed by atoms with E-state index in [1.165, 1.54) is 6.07 Å². The van der Waals surface area contributed by atoms with Crippen LogP contribution in [0.25, 0.3) is 0 Å². The number of anilines is 2. The molecule has 1 atom stereocenters. The molecule has 3 amide bonds. The van der Waals surface area contributed by atoms with Crippen molar-refractivity contribution in [2.45, 2.75) is 64.5 Å². The lowest BCUT2D eigenvalue weighted by Crippen LogP contribution is -2.49. The van der Waals surface area contributed by atoms with E-state index in [9.17, 15) is 18.8 Å². The minimum Gasteiger partial charge on any atom is -0.443 e. The highest BCUT2D eigenvalue weighted by molar-refractivity contribution is 6.01. The smallest absolute Gasteiger partial charge is 0.422 e. The van der Waals surface area contributed by atoms with Crippen molar-refractivity contribution in [1.29, 1.82) is 0 Å². The number of amides is 3. The molecule has 0 spiro atoms. The predicted molar refractivity (Wildman–Crippen MR) is 143 cm³/mol. The van der Waals surface area contributed by atoms with Crippen LogP contribution >= 0.6 is 0 Å². The molecule has 38 heavy (non-hydrogen) atoms. The lowest BCUT2D eigenvalue weighted by atomic mass is 9.94. The molecule has 0 saturated carbocycles. The molecular weight excluding hydrogens is 491 g/mol. The van der Waals surface area contributed by atoms with Crippen molar-refractivity contribution in [2.24, 2.45) is 5.92 Å². The van der Waals surface area contributed by atoms with Gasteiger partial charge in [-0.25, -0.2) is 14.2 Å². The summed E-state index contributed by atoms with van der Waals surface area (Å²) >= 11 is 0. The van der Waals surface area contributed by atoms with Gasteiger partial charge < -0.3 is 15.0 Å². The van der Waals surface area contributed by atoms with E-state index in [0.717, 1.165) is 65.1 Å². The highest BCUT2D eigenvalue weighted by atomic mass is 19.1. The number of hydrogen-bond donors (Lipinski definition) is 3.